The van der Waals surface area contributed by atoms with Crippen LogP contribution < -0.4 is 14.8 Å². The number of hydrogen-bond acceptors (Lipinski definition) is 5. The number of ether oxygens (including phenoxy) is 2. The highest BCUT2D eigenvalue weighted by Gasteiger charge is 2.13. The number of rotatable bonds is 6. The minimum Gasteiger partial charge on any atom is -0.497 e. The molecule has 1 heterocycles. The molecule has 7 nitrogen and oxygen atoms in total. The Labute approximate surface area is 159 Å². The summed E-state index contributed by atoms with van der Waals surface area (Å²) in [4.78, 5) is 12.5. The summed E-state index contributed by atoms with van der Waals surface area (Å²) in [6.07, 6.45) is 0. The zero-order chi connectivity index (χ0) is 19.4. The maximum Gasteiger partial charge on any atom is 0.251 e. The molecule has 0 unspecified atom stereocenters. The number of carbonyl (C=O) groups is 1. The van der Waals surface area contributed by atoms with Gasteiger partial charge in [0.1, 0.15) is 17.3 Å². The Morgan fingerprint density at radius 1 is 1.19 bits per heavy atom. The van der Waals surface area contributed by atoms with E-state index in [4.69, 9.17) is 21.7 Å². The second-order valence-electron chi connectivity index (χ2n) is 5.54. The Morgan fingerprint density at radius 2 is 1.81 bits per heavy atom. The Morgan fingerprint density at radius 3 is 2.41 bits per heavy atom. The summed E-state index contributed by atoms with van der Waals surface area (Å²) in [6.45, 7) is 0.114. The topological polar surface area (TPSA) is 81.2 Å². The molecule has 0 spiro atoms. The van der Waals surface area contributed by atoms with Crippen LogP contribution >= 0.6 is 12.2 Å². The van der Waals surface area contributed by atoms with Gasteiger partial charge in [0.2, 0.25) is 0 Å². The van der Waals surface area contributed by atoms with Gasteiger partial charge in [-0.25, -0.2) is 4.39 Å². The molecular formula is C18H17FN4O3S. The maximum absolute atomic E-state index is 13.2. The van der Waals surface area contributed by atoms with E-state index in [1.54, 1.807) is 34.9 Å². The van der Waals surface area contributed by atoms with Gasteiger partial charge in [-0.05, 0) is 48.6 Å². The fourth-order valence-corrected chi connectivity index (χ4v) is 2.76. The summed E-state index contributed by atoms with van der Waals surface area (Å²) in [5.41, 5.74) is 1.02. The molecule has 3 aromatic rings. The van der Waals surface area contributed by atoms with Crippen LogP contribution in [0.25, 0.3) is 5.69 Å². The van der Waals surface area contributed by atoms with Crippen molar-refractivity contribution in [2.45, 2.75) is 6.54 Å². The molecule has 2 aromatic carbocycles. The summed E-state index contributed by atoms with van der Waals surface area (Å²) in [5, 5.41) is 9.60. The number of methoxy groups -OCH3 is 2. The van der Waals surface area contributed by atoms with Crippen molar-refractivity contribution in [2.75, 3.05) is 14.2 Å². The summed E-state index contributed by atoms with van der Waals surface area (Å²) in [7, 11) is 3.02. The minimum absolute atomic E-state index is 0.114. The van der Waals surface area contributed by atoms with Crippen molar-refractivity contribution in [3.63, 3.8) is 0 Å². The van der Waals surface area contributed by atoms with E-state index in [0.29, 0.717) is 33.3 Å². The van der Waals surface area contributed by atoms with Crippen LogP contribution in [0.4, 0.5) is 4.39 Å². The quantitative estimate of drug-likeness (QED) is 0.635. The van der Waals surface area contributed by atoms with Crippen LogP contribution in [0.1, 0.15) is 16.2 Å². The molecule has 0 fully saturated rings. The summed E-state index contributed by atoms with van der Waals surface area (Å²) >= 11 is 5.23. The van der Waals surface area contributed by atoms with Crippen molar-refractivity contribution >= 4 is 18.1 Å². The van der Waals surface area contributed by atoms with Gasteiger partial charge in [0, 0.05) is 17.3 Å². The predicted molar refractivity (Wildman–Crippen MR) is 99.4 cm³/mol. The van der Waals surface area contributed by atoms with Gasteiger partial charge in [-0.15, -0.1) is 0 Å². The van der Waals surface area contributed by atoms with Crippen LogP contribution in [0.15, 0.2) is 42.5 Å². The number of nitrogens with one attached hydrogen (secondary N) is 2. The lowest BCUT2D eigenvalue weighted by molar-refractivity contribution is 0.0949. The van der Waals surface area contributed by atoms with Gasteiger partial charge in [-0.3, -0.25) is 14.5 Å². The third kappa shape index (κ3) is 4.14. The zero-order valence-corrected chi connectivity index (χ0v) is 15.5. The van der Waals surface area contributed by atoms with Gasteiger partial charge in [0.15, 0.2) is 10.6 Å². The molecule has 140 valence electrons. The number of amides is 1. The highest BCUT2D eigenvalue weighted by Crippen LogP contribution is 2.22. The van der Waals surface area contributed by atoms with Crippen molar-refractivity contribution < 1.29 is 18.7 Å². The molecule has 0 aliphatic carbocycles. The first-order valence-corrected chi connectivity index (χ1v) is 8.36. The van der Waals surface area contributed by atoms with Gasteiger partial charge in [0.05, 0.1) is 20.8 Å². The van der Waals surface area contributed by atoms with E-state index in [2.05, 4.69) is 15.5 Å². The van der Waals surface area contributed by atoms with Crippen LogP contribution in [0.5, 0.6) is 11.5 Å². The fourth-order valence-electron chi connectivity index (χ4n) is 2.50. The molecule has 0 radical (unpaired) electrons. The number of H-pyrrole nitrogens is 1. The van der Waals surface area contributed by atoms with E-state index in [-0.39, 0.29) is 18.3 Å². The Hall–Kier alpha value is -3.20. The van der Waals surface area contributed by atoms with Crippen LogP contribution in [-0.2, 0) is 6.54 Å². The first-order valence-electron chi connectivity index (χ1n) is 7.95. The van der Waals surface area contributed by atoms with E-state index in [1.807, 2.05) is 0 Å². The number of hydrogen-bond donors (Lipinski definition) is 2. The Bertz CT molecular complexity index is 992. The standard InChI is InChI=1S/C18H17FN4O3S/c1-25-14-7-11(8-15(9-14)26-2)17(24)20-10-16-21-22-18(27)23(16)13-5-3-12(19)4-6-13/h3-9H,10H2,1-2H3,(H,20,24)(H,22,27). The molecule has 3 rings (SSSR count). The van der Waals surface area contributed by atoms with Gasteiger partial charge in [-0.2, -0.15) is 5.10 Å². The number of benzene rings is 2. The number of carbonyl (C=O) groups excluding carboxylic acids is 1. The smallest absolute Gasteiger partial charge is 0.251 e. The first kappa shape index (κ1) is 18.6. The summed E-state index contributed by atoms with van der Waals surface area (Å²) in [5.74, 6) is 0.819. The normalized spacial score (nSPS) is 10.5. The van der Waals surface area contributed by atoms with Crippen molar-refractivity contribution in [3.8, 4) is 17.2 Å². The van der Waals surface area contributed by atoms with Gasteiger partial charge < -0.3 is 14.8 Å². The van der Waals surface area contributed by atoms with E-state index < -0.39 is 0 Å². The molecule has 2 N–H and O–H groups in total. The third-order valence-corrected chi connectivity index (χ3v) is 4.12. The maximum atomic E-state index is 13.2. The molecule has 9 heteroatoms. The van der Waals surface area contributed by atoms with Crippen LogP contribution in [0, 0.1) is 10.6 Å². The highest BCUT2D eigenvalue weighted by atomic mass is 32.1. The Balaban J connectivity index is 1.81. The Kier molecular flexibility index (Phi) is 5.51. The van der Waals surface area contributed by atoms with Crippen molar-refractivity contribution in [1.82, 2.24) is 20.1 Å². The fraction of sp³-hybridized carbons (Fsp3) is 0.167. The van der Waals surface area contributed by atoms with Crippen molar-refractivity contribution in [3.05, 3.63) is 64.4 Å². The SMILES string of the molecule is COc1cc(OC)cc(C(=O)NCc2n[nH]c(=S)n2-c2ccc(F)cc2)c1. The number of halogens is 1. The predicted octanol–water partition coefficient (Wildman–Crippen LogP) is 3.02. The summed E-state index contributed by atoms with van der Waals surface area (Å²) < 4.78 is 25.5. The zero-order valence-electron chi connectivity index (χ0n) is 14.7. The van der Waals surface area contributed by atoms with Crippen LogP contribution in [0.3, 0.4) is 0 Å². The number of aromatic amines is 1. The molecule has 0 aliphatic heterocycles. The lowest BCUT2D eigenvalue weighted by atomic mass is 10.2. The molecule has 27 heavy (non-hydrogen) atoms. The monoisotopic (exact) mass is 388 g/mol. The van der Waals surface area contributed by atoms with Crippen LogP contribution in [0.2, 0.25) is 0 Å². The third-order valence-electron chi connectivity index (χ3n) is 3.85. The lowest BCUT2D eigenvalue weighted by Crippen LogP contribution is -2.24. The molecule has 1 aromatic heterocycles. The van der Waals surface area contributed by atoms with Gasteiger partial charge in [-0.1, -0.05) is 0 Å². The van der Waals surface area contributed by atoms with E-state index in [9.17, 15) is 9.18 Å². The summed E-state index contributed by atoms with van der Waals surface area (Å²) in [6, 6.07) is 10.7. The van der Waals surface area contributed by atoms with E-state index >= 15 is 0 Å². The van der Waals surface area contributed by atoms with E-state index in [1.165, 1.54) is 26.4 Å². The number of nitrogens with zero attached hydrogens (tertiary/aromatic N) is 2. The van der Waals surface area contributed by atoms with Crippen molar-refractivity contribution in [1.29, 1.82) is 0 Å². The molecule has 0 saturated carbocycles. The lowest BCUT2D eigenvalue weighted by Gasteiger charge is -2.10. The molecule has 0 aliphatic rings. The molecular weight excluding hydrogens is 371 g/mol. The average molecular weight is 388 g/mol. The highest BCUT2D eigenvalue weighted by molar-refractivity contribution is 7.71. The van der Waals surface area contributed by atoms with Crippen LogP contribution in [-0.4, -0.2) is 34.9 Å². The molecule has 1 amide bonds. The van der Waals surface area contributed by atoms with Crippen molar-refractivity contribution in [2.24, 2.45) is 0 Å². The van der Waals surface area contributed by atoms with E-state index in [0.717, 1.165) is 0 Å². The molecule has 0 bridgehead atoms. The average Bonchev–Trinajstić information content (AvgIpc) is 3.06. The first-order chi connectivity index (χ1) is 13.0. The largest absolute Gasteiger partial charge is 0.497 e. The molecule has 0 saturated heterocycles. The van der Waals surface area contributed by atoms with Gasteiger partial charge >= 0.3 is 0 Å². The minimum atomic E-state index is -0.351. The molecule has 0 atom stereocenters. The second-order valence-corrected chi connectivity index (χ2v) is 5.93. The number of aromatic nitrogens is 3. The second kappa shape index (κ2) is 8.00. The van der Waals surface area contributed by atoms with Gasteiger partial charge in [0.25, 0.3) is 5.91 Å².